The zero-order chi connectivity index (χ0) is 20.9. The number of nitrogens with one attached hydrogen (secondary N) is 2. The molecule has 1 saturated heterocycles. The summed E-state index contributed by atoms with van der Waals surface area (Å²) >= 11 is 0. The van der Waals surface area contributed by atoms with Gasteiger partial charge in [0.1, 0.15) is 0 Å². The number of hydrogen-bond donors (Lipinski definition) is 2. The van der Waals surface area contributed by atoms with Crippen molar-refractivity contribution in [3.8, 4) is 0 Å². The van der Waals surface area contributed by atoms with Gasteiger partial charge in [-0.15, -0.1) is 0 Å². The number of rotatable bonds is 4. The molecule has 154 valence electrons. The molecule has 6 nitrogen and oxygen atoms in total. The second-order valence-electron chi connectivity index (χ2n) is 8.60. The van der Waals surface area contributed by atoms with Gasteiger partial charge in [-0.1, -0.05) is 39.0 Å². The predicted octanol–water partition coefficient (Wildman–Crippen LogP) is 4.42. The number of para-hydroxylation sites is 1. The van der Waals surface area contributed by atoms with E-state index in [-0.39, 0.29) is 17.4 Å². The van der Waals surface area contributed by atoms with Crippen LogP contribution in [0.3, 0.4) is 0 Å². The van der Waals surface area contributed by atoms with Crippen LogP contribution in [0.25, 0.3) is 0 Å². The monoisotopic (exact) mass is 394 g/mol. The molecule has 0 bridgehead atoms. The molecule has 29 heavy (non-hydrogen) atoms. The van der Waals surface area contributed by atoms with E-state index in [1.807, 2.05) is 59.5 Å². The summed E-state index contributed by atoms with van der Waals surface area (Å²) in [6.45, 7) is 9.04. The van der Waals surface area contributed by atoms with E-state index in [0.717, 1.165) is 30.2 Å². The number of hydrogen-bond acceptors (Lipinski definition) is 3. The molecule has 3 rings (SSSR count). The van der Waals surface area contributed by atoms with Gasteiger partial charge in [0.25, 0.3) is 0 Å². The van der Waals surface area contributed by atoms with Crippen molar-refractivity contribution >= 4 is 29.0 Å². The smallest absolute Gasteiger partial charge is 0.321 e. The molecule has 0 spiro atoms. The minimum absolute atomic E-state index is 0.0308. The van der Waals surface area contributed by atoms with Gasteiger partial charge in [-0.05, 0) is 41.8 Å². The first-order chi connectivity index (χ1) is 13.8. The second-order valence-corrected chi connectivity index (χ2v) is 8.60. The van der Waals surface area contributed by atoms with Gasteiger partial charge in [0.05, 0.1) is 0 Å². The van der Waals surface area contributed by atoms with Gasteiger partial charge >= 0.3 is 6.03 Å². The molecule has 2 aromatic carbocycles. The molecular formula is C23H30N4O2. The number of anilines is 3. The first-order valence-electron chi connectivity index (χ1n) is 10.1. The summed E-state index contributed by atoms with van der Waals surface area (Å²) in [5, 5.41) is 5.89. The Bertz CT molecular complexity index is 820. The Morgan fingerprint density at radius 2 is 1.41 bits per heavy atom. The normalized spacial score (nSPS) is 14.4. The third kappa shape index (κ3) is 6.24. The van der Waals surface area contributed by atoms with Gasteiger partial charge in [-0.25, -0.2) is 4.79 Å². The first-order valence-corrected chi connectivity index (χ1v) is 10.1. The fraction of sp³-hybridized carbons (Fsp3) is 0.391. The third-order valence-corrected chi connectivity index (χ3v) is 4.80. The lowest BCUT2D eigenvalue weighted by Crippen LogP contribution is -2.50. The minimum Gasteiger partial charge on any atom is -0.368 e. The number of nitrogens with zero attached hydrogens (tertiary/aromatic N) is 2. The summed E-state index contributed by atoms with van der Waals surface area (Å²) in [6.07, 6.45) is 0.488. The lowest BCUT2D eigenvalue weighted by molar-refractivity contribution is -0.117. The van der Waals surface area contributed by atoms with Crippen molar-refractivity contribution in [2.45, 2.75) is 27.2 Å². The Kier molecular flexibility index (Phi) is 6.42. The second kappa shape index (κ2) is 8.99. The standard InChI is InChI=1S/C23H30N4O2/c1-23(2,3)17-21(28)24-19-9-11-20(12-10-19)26-13-15-27(16-14-26)22(29)25-18-7-5-4-6-8-18/h4-12H,13-17H2,1-3H3,(H,24,28)(H,25,29). The number of urea groups is 1. The molecule has 0 aromatic heterocycles. The van der Waals surface area contributed by atoms with Crippen LogP contribution in [0.2, 0.25) is 0 Å². The van der Waals surface area contributed by atoms with Gasteiger partial charge in [0, 0.05) is 49.7 Å². The quantitative estimate of drug-likeness (QED) is 0.807. The van der Waals surface area contributed by atoms with E-state index in [4.69, 9.17) is 0 Å². The van der Waals surface area contributed by atoms with Crippen LogP contribution in [-0.4, -0.2) is 43.0 Å². The Hall–Kier alpha value is -3.02. The highest BCUT2D eigenvalue weighted by molar-refractivity contribution is 5.91. The molecule has 0 radical (unpaired) electrons. The fourth-order valence-corrected chi connectivity index (χ4v) is 3.33. The van der Waals surface area contributed by atoms with Crippen molar-refractivity contribution in [1.82, 2.24) is 4.90 Å². The predicted molar refractivity (Wildman–Crippen MR) is 118 cm³/mol. The van der Waals surface area contributed by atoms with E-state index in [0.29, 0.717) is 19.5 Å². The maximum Gasteiger partial charge on any atom is 0.321 e. The molecule has 0 aliphatic carbocycles. The van der Waals surface area contributed by atoms with Crippen LogP contribution >= 0.6 is 0 Å². The van der Waals surface area contributed by atoms with Crippen molar-refractivity contribution in [1.29, 1.82) is 0 Å². The maximum absolute atomic E-state index is 12.4. The van der Waals surface area contributed by atoms with Gasteiger partial charge in [0.15, 0.2) is 0 Å². The molecular weight excluding hydrogens is 364 g/mol. The minimum atomic E-state index is -0.0623. The van der Waals surface area contributed by atoms with Crippen molar-refractivity contribution < 1.29 is 9.59 Å². The van der Waals surface area contributed by atoms with Gasteiger partial charge in [-0.2, -0.15) is 0 Å². The zero-order valence-corrected chi connectivity index (χ0v) is 17.4. The molecule has 1 fully saturated rings. The van der Waals surface area contributed by atoms with Crippen molar-refractivity contribution in [2.24, 2.45) is 5.41 Å². The number of carbonyl (C=O) groups excluding carboxylic acids is 2. The van der Waals surface area contributed by atoms with Gasteiger partial charge in [-0.3, -0.25) is 4.79 Å². The van der Waals surface area contributed by atoms with Crippen LogP contribution in [0.15, 0.2) is 54.6 Å². The van der Waals surface area contributed by atoms with Gasteiger partial charge < -0.3 is 20.4 Å². The van der Waals surface area contributed by atoms with Crippen molar-refractivity contribution in [2.75, 3.05) is 41.7 Å². The van der Waals surface area contributed by atoms with Crippen LogP contribution in [0, 0.1) is 5.41 Å². The van der Waals surface area contributed by atoms with E-state index in [9.17, 15) is 9.59 Å². The van der Waals surface area contributed by atoms with Crippen LogP contribution in [0.4, 0.5) is 21.9 Å². The average molecular weight is 395 g/mol. The molecule has 6 heteroatoms. The number of carbonyl (C=O) groups is 2. The highest BCUT2D eigenvalue weighted by Crippen LogP contribution is 2.22. The summed E-state index contributed by atoms with van der Waals surface area (Å²) in [6, 6.07) is 17.4. The molecule has 1 aliphatic heterocycles. The Morgan fingerprint density at radius 1 is 0.828 bits per heavy atom. The molecule has 2 aromatic rings. The summed E-state index contributed by atoms with van der Waals surface area (Å²) in [4.78, 5) is 28.6. The van der Waals surface area contributed by atoms with Crippen molar-refractivity contribution in [3.63, 3.8) is 0 Å². The van der Waals surface area contributed by atoms with E-state index in [1.54, 1.807) is 0 Å². The fourth-order valence-electron chi connectivity index (χ4n) is 3.33. The summed E-state index contributed by atoms with van der Waals surface area (Å²) in [7, 11) is 0. The molecule has 0 unspecified atom stereocenters. The summed E-state index contributed by atoms with van der Waals surface area (Å²) in [5.74, 6) is 0.0308. The molecule has 1 heterocycles. The maximum atomic E-state index is 12.4. The number of piperazine rings is 1. The number of amides is 3. The molecule has 1 aliphatic rings. The SMILES string of the molecule is CC(C)(C)CC(=O)Nc1ccc(N2CCN(C(=O)Nc3ccccc3)CC2)cc1. The highest BCUT2D eigenvalue weighted by Gasteiger charge is 2.21. The van der Waals surface area contributed by atoms with E-state index < -0.39 is 0 Å². The largest absolute Gasteiger partial charge is 0.368 e. The third-order valence-electron chi connectivity index (χ3n) is 4.80. The average Bonchev–Trinajstić information content (AvgIpc) is 2.68. The highest BCUT2D eigenvalue weighted by atomic mass is 16.2. The van der Waals surface area contributed by atoms with E-state index >= 15 is 0 Å². The Labute approximate surface area is 172 Å². The number of benzene rings is 2. The zero-order valence-electron chi connectivity index (χ0n) is 17.4. The molecule has 0 saturated carbocycles. The van der Waals surface area contributed by atoms with Gasteiger partial charge in [0.2, 0.25) is 5.91 Å². The Balaban J connectivity index is 1.49. The summed E-state index contributed by atoms with van der Waals surface area (Å²) < 4.78 is 0. The Morgan fingerprint density at radius 3 is 2.00 bits per heavy atom. The lowest BCUT2D eigenvalue weighted by Gasteiger charge is -2.36. The molecule has 0 atom stereocenters. The van der Waals surface area contributed by atoms with E-state index in [1.165, 1.54) is 0 Å². The first kappa shape index (κ1) is 20.7. The van der Waals surface area contributed by atoms with Crippen LogP contribution < -0.4 is 15.5 Å². The topological polar surface area (TPSA) is 64.7 Å². The summed E-state index contributed by atoms with van der Waals surface area (Å²) in [5.41, 5.74) is 2.69. The molecule has 2 N–H and O–H groups in total. The van der Waals surface area contributed by atoms with E-state index in [2.05, 4.69) is 36.3 Å². The molecule has 3 amide bonds. The van der Waals surface area contributed by atoms with Crippen LogP contribution in [-0.2, 0) is 4.79 Å². The lowest BCUT2D eigenvalue weighted by atomic mass is 9.92. The van der Waals surface area contributed by atoms with Crippen LogP contribution in [0.5, 0.6) is 0 Å². The van der Waals surface area contributed by atoms with Crippen LogP contribution in [0.1, 0.15) is 27.2 Å². The van der Waals surface area contributed by atoms with Crippen molar-refractivity contribution in [3.05, 3.63) is 54.6 Å².